The maximum Gasteiger partial charge on any atom is 0.275 e. The number of ether oxygens (including phenoxy) is 1. The molecule has 166 valence electrons. The molecule has 31 heavy (non-hydrogen) atoms. The van der Waals surface area contributed by atoms with E-state index in [2.05, 4.69) is 28.8 Å². The van der Waals surface area contributed by atoms with Crippen LogP contribution in [0.5, 0.6) is 0 Å². The van der Waals surface area contributed by atoms with Crippen LogP contribution in [0.15, 0.2) is 48.5 Å². The van der Waals surface area contributed by atoms with Crippen LogP contribution in [-0.2, 0) is 29.2 Å². The summed E-state index contributed by atoms with van der Waals surface area (Å²) in [4.78, 5) is 26.8. The summed E-state index contributed by atoms with van der Waals surface area (Å²) in [6.07, 6.45) is 0. The van der Waals surface area contributed by atoms with Gasteiger partial charge in [-0.15, -0.1) is 0 Å². The molecule has 0 spiro atoms. The molecule has 1 unspecified atom stereocenters. The second-order valence-corrected chi connectivity index (χ2v) is 8.17. The van der Waals surface area contributed by atoms with Crippen LogP contribution in [0.4, 0.5) is 0 Å². The van der Waals surface area contributed by atoms with Crippen molar-refractivity contribution in [3.63, 3.8) is 0 Å². The number of morpholine rings is 1. The summed E-state index contributed by atoms with van der Waals surface area (Å²) >= 11 is 0. The van der Waals surface area contributed by atoms with Crippen LogP contribution < -0.4 is 20.4 Å². The molecule has 0 aliphatic carbocycles. The molecule has 0 radical (unpaired) electrons. The standard InChI is InChI=1S/C24H32N4O3/c1-25-24(30)20-9-7-19(8-10-20)16-27(2)18-23(29)26-15-21-5-3-4-6-22(21)17-28-11-13-31-14-12-28/h3-10H,11-18H2,1-2H3,(H,25,30)(H,26,29)/p+2. The van der Waals surface area contributed by atoms with Gasteiger partial charge in [0.15, 0.2) is 6.54 Å². The molecule has 0 aromatic heterocycles. The molecule has 0 saturated carbocycles. The topological polar surface area (TPSA) is 76.3 Å². The highest BCUT2D eigenvalue weighted by Crippen LogP contribution is 2.07. The van der Waals surface area contributed by atoms with Crippen molar-refractivity contribution < 1.29 is 24.1 Å². The third-order valence-electron chi connectivity index (χ3n) is 5.65. The second-order valence-electron chi connectivity index (χ2n) is 8.17. The lowest BCUT2D eigenvalue weighted by atomic mass is 10.1. The third kappa shape index (κ3) is 7.17. The molecule has 1 atom stereocenters. The number of carbonyl (C=O) groups is 2. The quantitative estimate of drug-likeness (QED) is 0.407. The van der Waals surface area contributed by atoms with Gasteiger partial charge in [-0.1, -0.05) is 36.4 Å². The maximum absolute atomic E-state index is 12.5. The molecule has 1 saturated heterocycles. The van der Waals surface area contributed by atoms with Crippen molar-refractivity contribution in [2.24, 2.45) is 0 Å². The van der Waals surface area contributed by atoms with Gasteiger partial charge >= 0.3 is 0 Å². The van der Waals surface area contributed by atoms with E-state index in [1.54, 1.807) is 7.05 Å². The monoisotopic (exact) mass is 426 g/mol. The Kier molecular flexibility index (Phi) is 8.58. The van der Waals surface area contributed by atoms with Crippen molar-refractivity contribution in [1.29, 1.82) is 0 Å². The number of likely N-dealkylation sites (N-methyl/N-ethyl adjacent to an activating group) is 1. The zero-order chi connectivity index (χ0) is 22.1. The van der Waals surface area contributed by atoms with Gasteiger partial charge in [-0.2, -0.15) is 0 Å². The number of hydrogen-bond acceptors (Lipinski definition) is 3. The maximum atomic E-state index is 12.5. The summed E-state index contributed by atoms with van der Waals surface area (Å²) in [6, 6.07) is 15.9. The van der Waals surface area contributed by atoms with E-state index >= 15 is 0 Å². The molecule has 1 heterocycles. The van der Waals surface area contributed by atoms with Gasteiger partial charge in [-0.3, -0.25) is 9.59 Å². The Bertz CT molecular complexity index is 863. The predicted octanol–water partition coefficient (Wildman–Crippen LogP) is -1.21. The molecule has 2 aromatic carbocycles. The number of hydrogen-bond donors (Lipinski definition) is 4. The summed E-state index contributed by atoms with van der Waals surface area (Å²) in [6.45, 7) is 6.32. The minimum absolute atomic E-state index is 0.0352. The molecule has 2 aromatic rings. The van der Waals surface area contributed by atoms with Gasteiger partial charge in [-0.05, 0) is 17.7 Å². The van der Waals surface area contributed by atoms with Crippen molar-refractivity contribution in [3.05, 3.63) is 70.8 Å². The fourth-order valence-electron chi connectivity index (χ4n) is 3.87. The van der Waals surface area contributed by atoms with Gasteiger partial charge in [0.05, 0.1) is 20.3 Å². The summed E-state index contributed by atoms with van der Waals surface area (Å²) in [5.74, 6) is -0.0601. The first-order valence-electron chi connectivity index (χ1n) is 10.9. The van der Waals surface area contributed by atoms with Crippen LogP contribution in [-0.4, -0.2) is 58.8 Å². The number of rotatable bonds is 9. The van der Waals surface area contributed by atoms with Crippen LogP contribution in [0.3, 0.4) is 0 Å². The summed E-state index contributed by atoms with van der Waals surface area (Å²) in [7, 11) is 3.62. The second kappa shape index (κ2) is 11.6. The van der Waals surface area contributed by atoms with E-state index in [0.717, 1.165) is 49.9 Å². The van der Waals surface area contributed by atoms with Gasteiger partial charge in [0.25, 0.3) is 11.8 Å². The van der Waals surface area contributed by atoms with E-state index in [1.807, 2.05) is 37.4 Å². The SMILES string of the molecule is CNC(=O)c1ccc(C[NH+](C)CC(=O)NCc2ccccc2C[NH+]2CCOCC2)cc1. The van der Waals surface area contributed by atoms with E-state index in [9.17, 15) is 9.59 Å². The normalized spacial score (nSPS) is 15.3. The van der Waals surface area contributed by atoms with Crippen molar-refractivity contribution >= 4 is 11.8 Å². The Morgan fingerprint density at radius 2 is 1.71 bits per heavy atom. The number of quaternary nitrogens is 2. The van der Waals surface area contributed by atoms with Gasteiger partial charge in [0, 0.05) is 30.3 Å². The molecule has 4 N–H and O–H groups in total. The lowest BCUT2D eigenvalue weighted by Crippen LogP contribution is -3.12. The average molecular weight is 427 g/mol. The summed E-state index contributed by atoms with van der Waals surface area (Å²) in [5, 5.41) is 5.70. The number of benzene rings is 2. The molecular weight excluding hydrogens is 392 g/mol. The van der Waals surface area contributed by atoms with E-state index in [0.29, 0.717) is 18.7 Å². The first-order chi connectivity index (χ1) is 15.0. The Labute approximate surface area is 184 Å². The minimum atomic E-state index is -0.0952. The molecule has 7 nitrogen and oxygen atoms in total. The lowest BCUT2D eigenvalue weighted by molar-refractivity contribution is -0.921. The van der Waals surface area contributed by atoms with Crippen LogP contribution >= 0.6 is 0 Å². The Morgan fingerprint density at radius 1 is 1.03 bits per heavy atom. The first kappa shape index (κ1) is 22.9. The molecule has 7 heteroatoms. The minimum Gasteiger partial charge on any atom is -0.370 e. The summed E-state index contributed by atoms with van der Waals surface area (Å²) < 4.78 is 5.45. The molecule has 1 fully saturated rings. The summed E-state index contributed by atoms with van der Waals surface area (Å²) in [5.41, 5.74) is 4.20. The predicted molar refractivity (Wildman–Crippen MR) is 119 cm³/mol. The Balaban J connectivity index is 1.47. The van der Waals surface area contributed by atoms with Crippen LogP contribution in [0.25, 0.3) is 0 Å². The molecular formula is C24H34N4O3+2. The van der Waals surface area contributed by atoms with Crippen molar-refractivity contribution in [3.8, 4) is 0 Å². The molecule has 0 bridgehead atoms. The van der Waals surface area contributed by atoms with Gasteiger partial charge < -0.3 is 25.2 Å². The highest BCUT2D eigenvalue weighted by molar-refractivity contribution is 5.93. The Hall–Kier alpha value is -2.74. The van der Waals surface area contributed by atoms with Gasteiger partial charge in [-0.25, -0.2) is 0 Å². The van der Waals surface area contributed by atoms with E-state index < -0.39 is 0 Å². The fourth-order valence-corrected chi connectivity index (χ4v) is 3.87. The molecule has 1 aliphatic rings. The van der Waals surface area contributed by atoms with E-state index in [1.165, 1.54) is 16.0 Å². The van der Waals surface area contributed by atoms with Crippen molar-refractivity contribution in [2.75, 3.05) is 46.9 Å². The molecule has 3 rings (SSSR count). The number of carbonyl (C=O) groups excluding carboxylic acids is 2. The average Bonchev–Trinajstić information content (AvgIpc) is 2.79. The Morgan fingerprint density at radius 3 is 2.39 bits per heavy atom. The van der Waals surface area contributed by atoms with Crippen molar-refractivity contribution in [1.82, 2.24) is 10.6 Å². The van der Waals surface area contributed by atoms with Crippen LogP contribution in [0.2, 0.25) is 0 Å². The highest BCUT2D eigenvalue weighted by atomic mass is 16.5. The van der Waals surface area contributed by atoms with Crippen LogP contribution in [0, 0.1) is 0 Å². The number of amides is 2. The third-order valence-corrected chi connectivity index (χ3v) is 5.65. The highest BCUT2D eigenvalue weighted by Gasteiger charge is 2.17. The zero-order valence-electron chi connectivity index (χ0n) is 18.5. The largest absolute Gasteiger partial charge is 0.370 e. The molecule has 1 aliphatic heterocycles. The van der Waals surface area contributed by atoms with Crippen LogP contribution in [0.1, 0.15) is 27.0 Å². The molecule has 2 amide bonds. The van der Waals surface area contributed by atoms with E-state index in [-0.39, 0.29) is 11.8 Å². The fraction of sp³-hybridized carbons (Fsp3) is 0.417. The smallest absolute Gasteiger partial charge is 0.275 e. The first-order valence-corrected chi connectivity index (χ1v) is 10.9. The van der Waals surface area contributed by atoms with Crippen molar-refractivity contribution in [2.45, 2.75) is 19.6 Å². The zero-order valence-corrected chi connectivity index (χ0v) is 18.5. The van der Waals surface area contributed by atoms with E-state index in [4.69, 9.17) is 4.74 Å². The number of nitrogens with one attached hydrogen (secondary N) is 4. The van der Waals surface area contributed by atoms with Gasteiger partial charge in [0.2, 0.25) is 0 Å². The van der Waals surface area contributed by atoms with Gasteiger partial charge in [0.1, 0.15) is 26.2 Å². The lowest BCUT2D eigenvalue weighted by Gasteiger charge is -2.24.